The van der Waals surface area contributed by atoms with E-state index in [1.165, 1.54) is 0 Å². The molecule has 110 valence electrons. The third-order valence-electron chi connectivity index (χ3n) is 3.37. The van der Waals surface area contributed by atoms with Gasteiger partial charge in [0.2, 0.25) is 0 Å². The van der Waals surface area contributed by atoms with Crippen LogP contribution in [0.5, 0.6) is 0 Å². The van der Waals surface area contributed by atoms with Crippen molar-refractivity contribution in [3.63, 3.8) is 0 Å². The monoisotopic (exact) mass is 283 g/mol. The number of anilines is 1. The van der Waals surface area contributed by atoms with Gasteiger partial charge in [0, 0.05) is 34.5 Å². The van der Waals surface area contributed by atoms with Crippen LogP contribution >= 0.6 is 0 Å². The Balaban J connectivity index is 2.65. The van der Waals surface area contributed by atoms with E-state index in [-0.39, 0.29) is 17.3 Å². The van der Waals surface area contributed by atoms with Gasteiger partial charge in [-0.15, -0.1) is 0 Å². The second-order valence-electron chi connectivity index (χ2n) is 6.48. The average molecular weight is 283 g/mol. The van der Waals surface area contributed by atoms with Crippen molar-refractivity contribution in [1.29, 1.82) is 5.26 Å². The molecule has 0 radical (unpaired) electrons. The largest absolute Gasteiger partial charge is 0.383 e. The molecular formula is C16H21N5. The summed E-state index contributed by atoms with van der Waals surface area (Å²) >= 11 is 0. The first-order chi connectivity index (χ1) is 9.74. The number of nitrogens with zero attached hydrogens (tertiary/aromatic N) is 4. The molecule has 0 aliphatic rings. The predicted octanol–water partition coefficient (Wildman–Crippen LogP) is 3.28. The van der Waals surface area contributed by atoms with E-state index in [0.29, 0.717) is 5.56 Å². The van der Waals surface area contributed by atoms with Crippen LogP contribution in [0, 0.1) is 11.3 Å². The number of nitrogens with two attached hydrogens (primary N) is 1. The second-order valence-corrected chi connectivity index (χ2v) is 6.48. The van der Waals surface area contributed by atoms with E-state index in [0.717, 1.165) is 16.8 Å². The van der Waals surface area contributed by atoms with Gasteiger partial charge in [-0.3, -0.25) is 4.68 Å². The Morgan fingerprint density at radius 2 is 2.00 bits per heavy atom. The molecule has 5 heteroatoms. The molecule has 2 aromatic heterocycles. The summed E-state index contributed by atoms with van der Waals surface area (Å²) in [7, 11) is 0. The van der Waals surface area contributed by atoms with Crippen molar-refractivity contribution in [2.24, 2.45) is 0 Å². The molecule has 0 aliphatic carbocycles. The normalized spacial score (nSPS) is 11.7. The number of rotatable bonds is 2. The molecule has 21 heavy (non-hydrogen) atoms. The summed E-state index contributed by atoms with van der Waals surface area (Å²) in [6, 6.07) is 4.37. The predicted molar refractivity (Wildman–Crippen MR) is 83.7 cm³/mol. The molecule has 0 saturated carbocycles. The molecule has 2 N–H and O–H groups in total. The van der Waals surface area contributed by atoms with Crippen LogP contribution in [0.25, 0.3) is 11.1 Å². The molecule has 2 heterocycles. The zero-order valence-electron chi connectivity index (χ0n) is 13.2. The highest BCUT2D eigenvalue weighted by molar-refractivity contribution is 5.75. The van der Waals surface area contributed by atoms with Gasteiger partial charge in [0.05, 0.1) is 6.20 Å². The van der Waals surface area contributed by atoms with Gasteiger partial charge in [-0.25, -0.2) is 4.98 Å². The number of nitriles is 1. The average Bonchev–Trinajstić information content (AvgIpc) is 2.86. The fraction of sp³-hybridized carbons (Fsp3) is 0.438. The lowest BCUT2D eigenvalue weighted by molar-refractivity contribution is 0.532. The zero-order valence-corrected chi connectivity index (χ0v) is 13.2. The minimum absolute atomic E-state index is 0.134. The number of hydrogen-bond donors (Lipinski definition) is 1. The van der Waals surface area contributed by atoms with Crippen molar-refractivity contribution in [1.82, 2.24) is 14.8 Å². The van der Waals surface area contributed by atoms with Crippen LogP contribution in [-0.2, 0) is 5.41 Å². The van der Waals surface area contributed by atoms with Crippen molar-refractivity contribution < 1.29 is 0 Å². The first kappa shape index (κ1) is 15.0. The van der Waals surface area contributed by atoms with Crippen LogP contribution in [-0.4, -0.2) is 14.8 Å². The van der Waals surface area contributed by atoms with Crippen LogP contribution in [0.2, 0.25) is 0 Å². The molecule has 5 nitrogen and oxygen atoms in total. The number of hydrogen-bond acceptors (Lipinski definition) is 4. The lowest BCUT2D eigenvalue weighted by Crippen LogP contribution is -2.15. The molecule has 0 atom stereocenters. The van der Waals surface area contributed by atoms with E-state index in [1.54, 1.807) is 6.20 Å². The Hall–Kier alpha value is -2.35. The number of nitrogen functional groups attached to an aromatic ring is 1. The summed E-state index contributed by atoms with van der Waals surface area (Å²) in [6.07, 6.45) is 3.70. The summed E-state index contributed by atoms with van der Waals surface area (Å²) in [5.74, 6) is 0.275. The molecule has 0 aliphatic heterocycles. The number of pyridine rings is 1. The van der Waals surface area contributed by atoms with Gasteiger partial charge in [0.25, 0.3) is 0 Å². The van der Waals surface area contributed by atoms with E-state index in [1.807, 2.05) is 16.9 Å². The van der Waals surface area contributed by atoms with Gasteiger partial charge in [-0.1, -0.05) is 20.8 Å². The van der Waals surface area contributed by atoms with Gasteiger partial charge in [0.1, 0.15) is 17.5 Å². The van der Waals surface area contributed by atoms with E-state index in [2.05, 4.69) is 50.8 Å². The molecule has 0 fully saturated rings. The standard InChI is InChI=1S/C16H21N5/c1-10(2)21-9-11(8-19-21)12-6-14(16(3,4)5)20-15(18)13(12)7-17/h6,8-10H,1-5H3,(H2,18,20). The fourth-order valence-corrected chi connectivity index (χ4v) is 2.05. The Bertz CT molecular complexity index is 698. The van der Waals surface area contributed by atoms with Crippen LogP contribution < -0.4 is 5.73 Å². The Morgan fingerprint density at radius 1 is 1.33 bits per heavy atom. The van der Waals surface area contributed by atoms with Crippen LogP contribution in [0.1, 0.15) is 51.9 Å². The van der Waals surface area contributed by atoms with E-state index in [9.17, 15) is 5.26 Å². The SMILES string of the molecule is CC(C)n1cc(-c2cc(C(C)(C)C)nc(N)c2C#N)cn1. The highest BCUT2D eigenvalue weighted by atomic mass is 15.3. The van der Waals surface area contributed by atoms with Gasteiger partial charge in [-0.2, -0.15) is 10.4 Å². The van der Waals surface area contributed by atoms with E-state index in [4.69, 9.17) is 5.73 Å². The molecule has 0 bridgehead atoms. The fourth-order valence-electron chi connectivity index (χ4n) is 2.05. The maximum Gasteiger partial charge on any atom is 0.142 e. The van der Waals surface area contributed by atoms with Crippen molar-refractivity contribution in [2.75, 3.05) is 5.73 Å². The van der Waals surface area contributed by atoms with Gasteiger partial charge in [-0.05, 0) is 19.9 Å². The summed E-state index contributed by atoms with van der Waals surface area (Å²) in [6.45, 7) is 10.3. The minimum atomic E-state index is -0.134. The van der Waals surface area contributed by atoms with Crippen molar-refractivity contribution in [3.8, 4) is 17.2 Å². The third-order valence-corrected chi connectivity index (χ3v) is 3.37. The lowest BCUT2D eigenvalue weighted by Gasteiger charge is -2.19. The molecule has 0 aromatic carbocycles. The maximum absolute atomic E-state index is 9.37. The van der Waals surface area contributed by atoms with Crippen LogP contribution in [0.3, 0.4) is 0 Å². The molecule has 0 saturated heterocycles. The van der Waals surface area contributed by atoms with Crippen molar-refractivity contribution in [2.45, 2.75) is 46.1 Å². The first-order valence-electron chi connectivity index (χ1n) is 6.99. The topological polar surface area (TPSA) is 80.5 Å². The lowest BCUT2D eigenvalue weighted by atomic mass is 9.89. The smallest absolute Gasteiger partial charge is 0.142 e. The van der Waals surface area contributed by atoms with Crippen LogP contribution in [0.4, 0.5) is 5.82 Å². The molecule has 2 rings (SSSR count). The molecule has 0 unspecified atom stereocenters. The van der Waals surface area contributed by atoms with Gasteiger partial charge < -0.3 is 5.73 Å². The van der Waals surface area contributed by atoms with Crippen LogP contribution in [0.15, 0.2) is 18.5 Å². The summed E-state index contributed by atoms with van der Waals surface area (Å²) in [5.41, 5.74) is 8.80. The Morgan fingerprint density at radius 3 is 2.48 bits per heavy atom. The second kappa shape index (κ2) is 5.21. The highest BCUT2D eigenvalue weighted by Gasteiger charge is 2.21. The minimum Gasteiger partial charge on any atom is -0.383 e. The molecule has 0 amide bonds. The van der Waals surface area contributed by atoms with Crippen molar-refractivity contribution >= 4 is 5.82 Å². The molecular weight excluding hydrogens is 262 g/mol. The first-order valence-corrected chi connectivity index (χ1v) is 6.99. The summed E-state index contributed by atoms with van der Waals surface area (Å²) in [4.78, 5) is 4.37. The summed E-state index contributed by atoms with van der Waals surface area (Å²) in [5, 5.41) is 13.7. The molecule has 0 spiro atoms. The molecule has 2 aromatic rings. The highest BCUT2D eigenvalue weighted by Crippen LogP contribution is 2.31. The van der Waals surface area contributed by atoms with E-state index >= 15 is 0 Å². The Kier molecular flexibility index (Phi) is 3.73. The van der Waals surface area contributed by atoms with Gasteiger partial charge >= 0.3 is 0 Å². The summed E-state index contributed by atoms with van der Waals surface area (Å²) < 4.78 is 1.86. The zero-order chi connectivity index (χ0) is 15.8. The van der Waals surface area contributed by atoms with Crippen molar-refractivity contribution in [3.05, 3.63) is 29.7 Å². The maximum atomic E-state index is 9.37. The van der Waals surface area contributed by atoms with E-state index < -0.39 is 0 Å². The number of aromatic nitrogens is 3. The third kappa shape index (κ3) is 2.89. The van der Waals surface area contributed by atoms with Gasteiger partial charge in [0.15, 0.2) is 0 Å². The Labute approximate surface area is 125 Å². The quantitative estimate of drug-likeness (QED) is 0.917.